The summed E-state index contributed by atoms with van der Waals surface area (Å²) >= 11 is 0. The van der Waals surface area contributed by atoms with Crippen LogP contribution >= 0.6 is 0 Å². The molecule has 20 heavy (non-hydrogen) atoms. The zero-order chi connectivity index (χ0) is 14.5. The van der Waals surface area contributed by atoms with E-state index < -0.39 is 0 Å². The summed E-state index contributed by atoms with van der Waals surface area (Å²) in [5, 5.41) is 3.39. The fourth-order valence-electron chi connectivity index (χ4n) is 3.13. The van der Waals surface area contributed by atoms with Crippen molar-refractivity contribution in [2.45, 2.75) is 46.1 Å². The van der Waals surface area contributed by atoms with Gasteiger partial charge in [0.05, 0.1) is 6.54 Å². The Bertz CT molecular complexity index is 447. The summed E-state index contributed by atoms with van der Waals surface area (Å²) in [6.45, 7) is 9.87. The first kappa shape index (κ1) is 15.3. The average molecular weight is 277 g/mol. The molecule has 0 aromatic carbocycles. The lowest BCUT2D eigenvalue weighted by atomic mass is 10.0. The van der Waals surface area contributed by atoms with Crippen molar-refractivity contribution in [3.63, 3.8) is 0 Å². The minimum atomic E-state index is 0.249. The second-order valence-electron chi connectivity index (χ2n) is 5.87. The zero-order valence-corrected chi connectivity index (χ0v) is 13.0. The van der Waals surface area contributed by atoms with Crippen LogP contribution in [0.25, 0.3) is 0 Å². The molecule has 1 saturated heterocycles. The summed E-state index contributed by atoms with van der Waals surface area (Å²) in [4.78, 5) is 18.1. The third-order valence-electron chi connectivity index (χ3n) is 4.13. The van der Waals surface area contributed by atoms with Gasteiger partial charge >= 0.3 is 0 Å². The number of hydrogen-bond acceptors (Lipinski definition) is 3. The van der Waals surface area contributed by atoms with Crippen molar-refractivity contribution in [1.82, 2.24) is 15.2 Å². The van der Waals surface area contributed by atoms with E-state index in [1.165, 1.54) is 0 Å². The minimum absolute atomic E-state index is 0.249. The Hall–Kier alpha value is -1.13. The third kappa shape index (κ3) is 3.70. The van der Waals surface area contributed by atoms with Crippen LogP contribution in [0.5, 0.6) is 0 Å². The first-order valence-corrected chi connectivity index (χ1v) is 7.76. The lowest BCUT2D eigenvalue weighted by Crippen LogP contribution is -2.45. The Balaban J connectivity index is 2.03. The number of carbonyl (C=O) groups excluding carboxylic acids is 1. The van der Waals surface area contributed by atoms with Gasteiger partial charge in [-0.05, 0) is 58.8 Å². The lowest BCUT2D eigenvalue weighted by molar-refractivity contribution is 0.0864. The maximum absolute atomic E-state index is 12.5. The molecule has 0 spiro atoms. The van der Waals surface area contributed by atoms with Gasteiger partial charge in [-0.3, -0.25) is 9.69 Å². The van der Waals surface area contributed by atoms with Crippen LogP contribution in [0.15, 0.2) is 6.07 Å². The summed E-state index contributed by atoms with van der Waals surface area (Å²) in [5.74, 6) is 0.249. The molecule has 1 fully saturated rings. The molecule has 1 aromatic heterocycles. The van der Waals surface area contributed by atoms with Gasteiger partial charge in [0.15, 0.2) is 5.78 Å². The first-order valence-electron chi connectivity index (χ1n) is 7.76. The number of carbonyl (C=O) groups is 1. The van der Waals surface area contributed by atoms with Crippen molar-refractivity contribution in [3.8, 4) is 0 Å². The molecule has 2 rings (SSSR count). The largest absolute Gasteiger partial charge is 0.362 e. The number of piperidine rings is 1. The molecule has 2 heterocycles. The van der Waals surface area contributed by atoms with Crippen LogP contribution in [0.1, 0.15) is 47.9 Å². The number of nitrogens with one attached hydrogen (secondary N) is 2. The highest BCUT2D eigenvalue weighted by Gasteiger charge is 2.23. The van der Waals surface area contributed by atoms with Gasteiger partial charge in [-0.15, -0.1) is 0 Å². The molecule has 4 heteroatoms. The number of aryl methyl sites for hydroxylation is 2. The summed E-state index contributed by atoms with van der Waals surface area (Å²) in [6, 6.07) is 2.53. The van der Waals surface area contributed by atoms with E-state index in [-0.39, 0.29) is 5.78 Å². The molecule has 1 aromatic rings. The third-order valence-corrected chi connectivity index (χ3v) is 4.13. The Morgan fingerprint density at radius 2 is 2.05 bits per heavy atom. The Labute approximate surface area is 121 Å². The number of hydrogen-bond donors (Lipinski definition) is 2. The van der Waals surface area contributed by atoms with Gasteiger partial charge in [-0.1, -0.05) is 6.92 Å². The van der Waals surface area contributed by atoms with Crippen LogP contribution in [0.4, 0.5) is 0 Å². The van der Waals surface area contributed by atoms with E-state index in [0.29, 0.717) is 12.6 Å². The number of nitrogens with zero attached hydrogens (tertiary/aromatic N) is 1. The fourth-order valence-corrected chi connectivity index (χ4v) is 3.13. The number of aromatic nitrogens is 1. The van der Waals surface area contributed by atoms with E-state index in [1.807, 2.05) is 19.9 Å². The van der Waals surface area contributed by atoms with E-state index in [1.54, 1.807) is 0 Å². The van der Waals surface area contributed by atoms with E-state index in [2.05, 4.69) is 22.1 Å². The van der Waals surface area contributed by atoms with Gasteiger partial charge in [0.25, 0.3) is 0 Å². The molecule has 112 valence electrons. The molecule has 0 bridgehead atoms. The van der Waals surface area contributed by atoms with Gasteiger partial charge in [0.2, 0.25) is 0 Å². The highest BCUT2D eigenvalue weighted by molar-refractivity contribution is 5.98. The maximum atomic E-state index is 12.5. The van der Waals surface area contributed by atoms with Crippen LogP contribution < -0.4 is 5.32 Å². The van der Waals surface area contributed by atoms with Crippen LogP contribution in [-0.2, 0) is 0 Å². The summed E-state index contributed by atoms with van der Waals surface area (Å²) < 4.78 is 0. The van der Waals surface area contributed by atoms with E-state index >= 15 is 0 Å². The normalized spacial score (nSPS) is 16.8. The van der Waals surface area contributed by atoms with Gasteiger partial charge < -0.3 is 10.3 Å². The molecule has 1 aliphatic rings. The van der Waals surface area contributed by atoms with Gasteiger partial charge in [0.1, 0.15) is 0 Å². The van der Waals surface area contributed by atoms with Crippen molar-refractivity contribution in [3.05, 3.63) is 23.0 Å². The molecular weight excluding hydrogens is 250 g/mol. The summed E-state index contributed by atoms with van der Waals surface area (Å²) in [6.07, 6.45) is 3.40. The van der Waals surface area contributed by atoms with Gasteiger partial charge in [-0.2, -0.15) is 0 Å². The predicted molar refractivity (Wildman–Crippen MR) is 82.4 cm³/mol. The van der Waals surface area contributed by atoms with Crippen LogP contribution in [0, 0.1) is 13.8 Å². The topological polar surface area (TPSA) is 48.1 Å². The van der Waals surface area contributed by atoms with Crippen molar-refractivity contribution >= 4 is 5.78 Å². The monoisotopic (exact) mass is 277 g/mol. The van der Waals surface area contributed by atoms with Crippen molar-refractivity contribution in [2.24, 2.45) is 0 Å². The van der Waals surface area contributed by atoms with Crippen molar-refractivity contribution in [1.29, 1.82) is 0 Å². The number of Topliss-reactive ketones (excluding diaryl/α,β-unsaturated/α-hetero) is 1. The van der Waals surface area contributed by atoms with Crippen LogP contribution in [-0.4, -0.2) is 47.9 Å². The molecule has 0 unspecified atom stereocenters. The van der Waals surface area contributed by atoms with Crippen LogP contribution in [0.2, 0.25) is 0 Å². The zero-order valence-electron chi connectivity index (χ0n) is 13.0. The standard InChI is InChI=1S/C16H27N3O/c1-4-9-19(14-5-7-17-8-6-14)11-16(20)15-10-12(2)18-13(15)3/h10,14,17-18H,4-9,11H2,1-3H3. The highest BCUT2D eigenvalue weighted by Crippen LogP contribution is 2.16. The molecule has 4 nitrogen and oxygen atoms in total. The molecule has 0 radical (unpaired) electrons. The summed E-state index contributed by atoms with van der Waals surface area (Å²) in [5.41, 5.74) is 2.92. The van der Waals surface area contributed by atoms with E-state index in [0.717, 1.165) is 55.8 Å². The van der Waals surface area contributed by atoms with Gasteiger partial charge in [0, 0.05) is 23.0 Å². The van der Waals surface area contributed by atoms with Crippen molar-refractivity contribution in [2.75, 3.05) is 26.2 Å². The SMILES string of the molecule is CCCN(CC(=O)c1cc(C)[nH]c1C)C1CCNCC1. The number of H-pyrrole nitrogens is 1. The maximum Gasteiger partial charge on any atom is 0.178 e. The quantitative estimate of drug-likeness (QED) is 0.784. The molecule has 2 N–H and O–H groups in total. The number of ketones is 1. The average Bonchev–Trinajstić information content (AvgIpc) is 2.78. The Morgan fingerprint density at radius 3 is 2.60 bits per heavy atom. The summed E-state index contributed by atoms with van der Waals surface area (Å²) in [7, 11) is 0. The second-order valence-corrected chi connectivity index (χ2v) is 5.87. The number of rotatable bonds is 6. The molecular formula is C16H27N3O. The smallest absolute Gasteiger partial charge is 0.178 e. The molecule has 0 aliphatic carbocycles. The van der Waals surface area contributed by atoms with Crippen LogP contribution in [0.3, 0.4) is 0 Å². The second kappa shape index (κ2) is 7.04. The molecule has 0 saturated carbocycles. The fraction of sp³-hybridized carbons (Fsp3) is 0.688. The lowest BCUT2D eigenvalue weighted by Gasteiger charge is -2.34. The van der Waals surface area contributed by atoms with E-state index in [4.69, 9.17) is 0 Å². The Morgan fingerprint density at radius 1 is 1.35 bits per heavy atom. The van der Waals surface area contributed by atoms with Gasteiger partial charge in [-0.25, -0.2) is 0 Å². The first-order chi connectivity index (χ1) is 9.61. The highest BCUT2D eigenvalue weighted by atomic mass is 16.1. The molecule has 1 aliphatic heterocycles. The van der Waals surface area contributed by atoms with Crippen molar-refractivity contribution < 1.29 is 4.79 Å². The Kier molecular flexibility index (Phi) is 5.38. The molecule has 0 atom stereocenters. The number of aromatic amines is 1. The predicted octanol–water partition coefficient (Wildman–Crippen LogP) is 2.28. The molecule has 0 amide bonds. The minimum Gasteiger partial charge on any atom is -0.362 e. The van der Waals surface area contributed by atoms with E-state index in [9.17, 15) is 4.79 Å².